The van der Waals surface area contributed by atoms with E-state index in [0.717, 1.165) is 44.8 Å². The first-order chi connectivity index (χ1) is 11.8. The first-order valence-corrected chi connectivity index (χ1v) is 7.85. The fourth-order valence-electron chi connectivity index (χ4n) is 2.94. The molecule has 0 amide bonds. The maximum absolute atomic E-state index is 4.62. The molecular formula is C20H14N4Zn3+6. The van der Waals surface area contributed by atoms with Crippen LogP contribution in [0.4, 0.5) is 0 Å². The van der Waals surface area contributed by atoms with Crippen LogP contribution in [0.2, 0.25) is 0 Å². The average Bonchev–Trinajstić information content (AvgIpc) is 3.32. The summed E-state index contributed by atoms with van der Waals surface area (Å²) < 4.78 is 0. The van der Waals surface area contributed by atoms with E-state index in [4.69, 9.17) is 0 Å². The summed E-state index contributed by atoms with van der Waals surface area (Å²) >= 11 is 0. The Kier molecular flexibility index (Phi) is 7.34. The maximum Gasteiger partial charge on any atom is 2.00 e. The molecule has 4 nitrogen and oxygen atoms in total. The molecule has 0 atom stereocenters. The van der Waals surface area contributed by atoms with Gasteiger partial charge < -0.3 is 9.97 Å². The molecule has 0 spiro atoms. The van der Waals surface area contributed by atoms with Crippen LogP contribution in [0.15, 0.2) is 48.5 Å². The van der Waals surface area contributed by atoms with Crippen molar-refractivity contribution in [3.8, 4) is 0 Å². The molecule has 5 heterocycles. The van der Waals surface area contributed by atoms with E-state index in [9.17, 15) is 0 Å². The van der Waals surface area contributed by atoms with Gasteiger partial charge in [-0.05, 0) is 72.8 Å². The van der Waals surface area contributed by atoms with Gasteiger partial charge in [0, 0.05) is 22.1 Å². The Bertz CT molecular complexity index is 1080. The van der Waals surface area contributed by atoms with Gasteiger partial charge in [-0.1, -0.05) is 0 Å². The summed E-state index contributed by atoms with van der Waals surface area (Å²) in [6, 6.07) is 16.4. The second-order valence-corrected chi connectivity index (χ2v) is 5.91. The smallest absolute Gasteiger partial charge is 0.355 e. The second-order valence-electron chi connectivity index (χ2n) is 5.91. The molecular weight excluding hydrogens is 492 g/mol. The van der Waals surface area contributed by atoms with Crippen molar-refractivity contribution in [2.75, 3.05) is 0 Å². The van der Waals surface area contributed by atoms with Crippen molar-refractivity contribution in [1.29, 1.82) is 0 Å². The van der Waals surface area contributed by atoms with E-state index in [-0.39, 0.29) is 58.4 Å². The van der Waals surface area contributed by atoms with Crippen molar-refractivity contribution in [1.82, 2.24) is 19.9 Å². The Morgan fingerprint density at radius 3 is 1.19 bits per heavy atom. The normalized spacial score (nSPS) is 11.3. The molecule has 2 aliphatic heterocycles. The number of rotatable bonds is 0. The number of hydrogen-bond acceptors (Lipinski definition) is 2. The molecule has 0 radical (unpaired) electrons. The number of nitrogens with zero attached hydrogens (tertiary/aromatic N) is 2. The van der Waals surface area contributed by atoms with Crippen molar-refractivity contribution in [2.45, 2.75) is 0 Å². The topological polar surface area (TPSA) is 57.4 Å². The molecule has 0 saturated heterocycles. The van der Waals surface area contributed by atoms with Crippen molar-refractivity contribution >= 4 is 46.4 Å². The van der Waals surface area contributed by atoms with Crippen molar-refractivity contribution in [3.05, 3.63) is 71.3 Å². The molecule has 114 valence electrons. The fourth-order valence-corrected chi connectivity index (χ4v) is 2.94. The van der Waals surface area contributed by atoms with Crippen LogP contribution >= 0.6 is 0 Å². The van der Waals surface area contributed by atoms with E-state index < -0.39 is 0 Å². The van der Waals surface area contributed by atoms with Crippen molar-refractivity contribution in [2.24, 2.45) is 0 Å². The average molecular weight is 507 g/mol. The molecule has 0 unspecified atom stereocenters. The van der Waals surface area contributed by atoms with Gasteiger partial charge in [0.15, 0.2) is 0 Å². The van der Waals surface area contributed by atoms with Gasteiger partial charge in [0.2, 0.25) is 0 Å². The van der Waals surface area contributed by atoms with Crippen LogP contribution < -0.4 is 0 Å². The van der Waals surface area contributed by atoms with E-state index in [2.05, 4.69) is 50.3 Å². The molecule has 7 heteroatoms. The number of H-pyrrole nitrogens is 2. The van der Waals surface area contributed by atoms with Gasteiger partial charge in [0.25, 0.3) is 0 Å². The Morgan fingerprint density at radius 1 is 0.444 bits per heavy atom. The van der Waals surface area contributed by atoms with Gasteiger partial charge in [-0.25, -0.2) is 9.97 Å². The molecule has 3 aromatic heterocycles. The van der Waals surface area contributed by atoms with Crippen LogP contribution in [0.1, 0.15) is 22.8 Å². The molecule has 3 aromatic rings. The van der Waals surface area contributed by atoms with Gasteiger partial charge >= 0.3 is 58.4 Å². The fraction of sp³-hybridized carbons (Fsp3) is 0. The summed E-state index contributed by atoms with van der Waals surface area (Å²) in [5.74, 6) is 0. The zero-order chi connectivity index (χ0) is 15.9. The number of aromatic nitrogens is 4. The Morgan fingerprint density at radius 2 is 0.778 bits per heavy atom. The summed E-state index contributed by atoms with van der Waals surface area (Å²) in [5.41, 5.74) is 7.86. The minimum atomic E-state index is 0. The van der Waals surface area contributed by atoms with Crippen molar-refractivity contribution < 1.29 is 58.4 Å². The van der Waals surface area contributed by atoms with E-state index >= 15 is 0 Å². The standard InChI is InChI=1S/C20H14N4.3Zn/c1-2-14-10-16-5-6-18(23-16)12-20-8-7-19(24-20)11-17-4-3-15(22-17)9-13(1)21-14;;;/h1-12,21-22H;;;/q;3*+2. The quantitative estimate of drug-likeness (QED) is 0.301. The third kappa shape index (κ3) is 4.85. The molecule has 0 aliphatic carbocycles. The minimum absolute atomic E-state index is 0. The Balaban J connectivity index is 0.000000871. The molecule has 2 N–H and O–H groups in total. The second kappa shape index (κ2) is 9.11. The van der Waals surface area contributed by atoms with Crippen LogP contribution in [0.3, 0.4) is 0 Å². The first kappa shape index (κ1) is 21.8. The molecule has 0 aromatic carbocycles. The number of aromatic amines is 2. The van der Waals surface area contributed by atoms with E-state index in [1.165, 1.54) is 0 Å². The number of nitrogens with one attached hydrogen (secondary N) is 2. The monoisotopic (exact) mass is 502 g/mol. The summed E-state index contributed by atoms with van der Waals surface area (Å²) in [7, 11) is 0. The number of hydrogen-bond donors (Lipinski definition) is 2. The van der Waals surface area contributed by atoms with Crippen molar-refractivity contribution in [3.63, 3.8) is 0 Å². The van der Waals surface area contributed by atoms with E-state index in [1.807, 2.05) is 42.5 Å². The minimum Gasteiger partial charge on any atom is -0.355 e. The maximum atomic E-state index is 4.62. The zero-order valence-corrected chi connectivity index (χ0v) is 23.8. The first-order valence-electron chi connectivity index (χ1n) is 7.85. The van der Waals surface area contributed by atoms with E-state index in [1.54, 1.807) is 0 Å². The SMILES string of the molecule is C1=Cc2cc3ccc(cc4ccc(cc5nc(cc1n2)C=C5)[nH]4)[nH]3.[Zn+2].[Zn+2].[Zn+2]. The Labute approximate surface area is 194 Å². The van der Waals surface area contributed by atoms with Crippen LogP contribution in [0, 0.1) is 0 Å². The molecule has 2 aliphatic rings. The molecule has 8 bridgehead atoms. The van der Waals surface area contributed by atoms with Gasteiger partial charge in [-0.2, -0.15) is 0 Å². The van der Waals surface area contributed by atoms with Crippen LogP contribution in [0.25, 0.3) is 46.4 Å². The van der Waals surface area contributed by atoms with Crippen LogP contribution in [-0.4, -0.2) is 19.9 Å². The predicted octanol–water partition coefficient (Wildman–Crippen LogP) is 4.65. The third-order valence-corrected chi connectivity index (χ3v) is 4.04. The van der Waals surface area contributed by atoms with Gasteiger partial charge in [0.05, 0.1) is 22.8 Å². The van der Waals surface area contributed by atoms with E-state index in [0.29, 0.717) is 0 Å². The summed E-state index contributed by atoms with van der Waals surface area (Å²) in [6.07, 6.45) is 8.05. The Hall–Kier alpha value is -1.53. The summed E-state index contributed by atoms with van der Waals surface area (Å²) in [4.78, 5) is 16.0. The third-order valence-electron chi connectivity index (χ3n) is 4.04. The van der Waals surface area contributed by atoms with Gasteiger partial charge in [-0.15, -0.1) is 0 Å². The van der Waals surface area contributed by atoms with Crippen LogP contribution in [-0.2, 0) is 58.4 Å². The number of fused-ring (bicyclic) bond motifs is 8. The largest absolute Gasteiger partial charge is 2.00 e. The summed E-state index contributed by atoms with van der Waals surface area (Å²) in [6.45, 7) is 0. The molecule has 0 fully saturated rings. The van der Waals surface area contributed by atoms with Gasteiger partial charge in [-0.3, -0.25) is 0 Å². The predicted molar refractivity (Wildman–Crippen MR) is 98.9 cm³/mol. The van der Waals surface area contributed by atoms with Crippen LogP contribution in [0.5, 0.6) is 0 Å². The summed E-state index contributed by atoms with van der Waals surface area (Å²) in [5, 5.41) is 0. The molecule has 5 rings (SSSR count). The molecule has 27 heavy (non-hydrogen) atoms. The zero-order valence-electron chi connectivity index (χ0n) is 14.9. The molecule has 0 saturated carbocycles. The van der Waals surface area contributed by atoms with Gasteiger partial charge in [0.1, 0.15) is 0 Å².